The van der Waals surface area contributed by atoms with Crippen molar-refractivity contribution in [2.24, 2.45) is 0 Å². The Labute approximate surface area is 208 Å². The van der Waals surface area contributed by atoms with Gasteiger partial charge >= 0.3 is 0 Å². The van der Waals surface area contributed by atoms with E-state index in [0.717, 1.165) is 10.0 Å². The minimum absolute atomic E-state index is 0.0184. The number of carbonyl (C=O) groups excluding carboxylic acids is 2. The lowest BCUT2D eigenvalue weighted by molar-refractivity contribution is 0.101. The molecule has 34 heavy (non-hydrogen) atoms. The molecule has 0 bridgehead atoms. The summed E-state index contributed by atoms with van der Waals surface area (Å²) in [6.45, 7) is 7.13. The Balaban J connectivity index is 1.71. The second-order valence-corrected chi connectivity index (χ2v) is 9.71. The minimum Gasteiger partial charge on any atom is -0.490 e. The van der Waals surface area contributed by atoms with Crippen LogP contribution in [0.5, 0.6) is 5.75 Å². The van der Waals surface area contributed by atoms with Gasteiger partial charge in [0.2, 0.25) is 0 Å². The molecule has 0 saturated heterocycles. The smallest absolute Gasteiger partial charge is 0.259 e. The van der Waals surface area contributed by atoms with Crippen LogP contribution in [0.1, 0.15) is 47.1 Å². The summed E-state index contributed by atoms with van der Waals surface area (Å²) >= 11 is 3.40. The van der Waals surface area contributed by atoms with E-state index in [1.165, 1.54) is 0 Å². The van der Waals surface area contributed by atoms with Gasteiger partial charge in [-0.05, 0) is 59.5 Å². The highest BCUT2D eigenvalue weighted by molar-refractivity contribution is 9.10. The standard InChI is InChI=1S/C27H29BrN2O4/c1-27(2,3)19-10-8-18(9-11-19)25(31)29-21-6-5-7-22(17-21)30-26(32)23-16-20(28)12-13-24(23)34-15-14-33-4/h5-13,16-17H,14-15H2,1-4H3,(H,29,31)(H,30,32). The average Bonchev–Trinajstić information content (AvgIpc) is 2.80. The molecule has 6 nitrogen and oxygen atoms in total. The maximum absolute atomic E-state index is 13.0. The molecule has 2 N–H and O–H groups in total. The van der Waals surface area contributed by atoms with E-state index in [4.69, 9.17) is 9.47 Å². The van der Waals surface area contributed by atoms with E-state index in [-0.39, 0.29) is 17.2 Å². The van der Waals surface area contributed by atoms with Gasteiger partial charge in [0.1, 0.15) is 12.4 Å². The quantitative estimate of drug-likeness (QED) is 0.340. The van der Waals surface area contributed by atoms with Gasteiger partial charge in [-0.3, -0.25) is 9.59 Å². The number of hydrogen-bond acceptors (Lipinski definition) is 4. The van der Waals surface area contributed by atoms with E-state index < -0.39 is 0 Å². The lowest BCUT2D eigenvalue weighted by Gasteiger charge is -2.19. The molecule has 0 aliphatic carbocycles. The average molecular weight is 525 g/mol. The fraction of sp³-hybridized carbons (Fsp3) is 0.259. The van der Waals surface area contributed by atoms with Gasteiger partial charge in [0.15, 0.2) is 0 Å². The number of halogens is 1. The zero-order valence-corrected chi connectivity index (χ0v) is 21.4. The van der Waals surface area contributed by atoms with E-state index >= 15 is 0 Å². The molecule has 0 atom stereocenters. The molecule has 0 unspecified atom stereocenters. The molecule has 178 valence electrons. The third kappa shape index (κ3) is 6.92. The van der Waals surface area contributed by atoms with E-state index in [1.807, 2.05) is 30.3 Å². The number of carbonyl (C=O) groups is 2. The van der Waals surface area contributed by atoms with Gasteiger partial charge in [0.05, 0.1) is 12.2 Å². The van der Waals surface area contributed by atoms with Gasteiger partial charge < -0.3 is 20.1 Å². The van der Waals surface area contributed by atoms with Crippen LogP contribution in [0.15, 0.2) is 71.2 Å². The molecule has 3 aromatic rings. The zero-order chi connectivity index (χ0) is 24.7. The number of anilines is 2. The molecule has 0 spiro atoms. The number of rotatable bonds is 8. The fourth-order valence-electron chi connectivity index (χ4n) is 3.24. The number of methoxy groups -OCH3 is 1. The zero-order valence-electron chi connectivity index (χ0n) is 19.8. The summed E-state index contributed by atoms with van der Waals surface area (Å²) in [5.41, 5.74) is 3.26. The Bertz CT molecular complexity index is 1150. The Kier molecular flexibility index (Phi) is 8.47. The molecule has 0 radical (unpaired) electrons. The summed E-state index contributed by atoms with van der Waals surface area (Å²) in [7, 11) is 1.59. The topological polar surface area (TPSA) is 76.7 Å². The molecule has 0 saturated carbocycles. The highest BCUT2D eigenvalue weighted by atomic mass is 79.9. The van der Waals surface area contributed by atoms with E-state index in [2.05, 4.69) is 47.3 Å². The molecule has 3 rings (SSSR count). The molecular weight excluding hydrogens is 496 g/mol. The van der Waals surface area contributed by atoms with Crippen LogP contribution in [0.4, 0.5) is 11.4 Å². The summed E-state index contributed by atoms with van der Waals surface area (Å²) in [5, 5.41) is 5.76. The van der Waals surface area contributed by atoms with Crippen molar-refractivity contribution in [1.82, 2.24) is 0 Å². The van der Waals surface area contributed by atoms with Crippen LogP contribution in [0.3, 0.4) is 0 Å². The van der Waals surface area contributed by atoms with E-state index in [0.29, 0.717) is 41.5 Å². The Morgan fingerprint density at radius 1 is 0.853 bits per heavy atom. The number of hydrogen-bond donors (Lipinski definition) is 2. The monoisotopic (exact) mass is 524 g/mol. The molecule has 0 fully saturated rings. The third-order valence-corrected chi connectivity index (χ3v) is 5.62. The molecule has 7 heteroatoms. The first-order valence-corrected chi connectivity index (χ1v) is 11.7. The largest absolute Gasteiger partial charge is 0.490 e. The van der Waals surface area contributed by atoms with Crippen molar-refractivity contribution in [2.45, 2.75) is 26.2 Å². The first kappa shape index (κ1) is 25.5. The first-order chi connectivity index (χ1) is 16.2. The van der Waals surface area contributed by atoms with E-state index in [1.54, 1.807) is 43.5 Å². The van der Waals surface area contributed by atoms with Crippen molar-refractivity contribution in [3.05, 3.63) is 87.9 Å². The Hall–Kier alpha value is -3.16. The van der Waals surface area contributed by atoms with Gasteiger partial charge in [-0.15, -0.1) is 0 Å². The second kappa shape index (κ2) is 11.3. The molecule has 0 heterocycles. The van der Waals surface area contributed by atoms with Crippen molar-refractivity contribution in [1.29, 1.82) is 0 Å². The molecule has 0 aliphatic rings. The summed E-state index contributed by atoms with van der Waals surface area (Å²) in [4.78, 5) is 25.7. The Morgan fingerprint density at radius 2 is 1.50 bits per heavy atom. The SMILES string of the molecule is COCCOc1ccc(Br)cc1C(=O)Nc1cccc(NC(=O)c2ccc(C(C)(C)C)cc2)c1. The minimum atomic E-state index is -0.324. The second-order valence-electron chi connectivity index (χ2n) is 8.80. The van der Waals surface area contributed by atoms with Crippen LogP contribution in [0, 0.1) is 0 Å². The summed E-state index contributed by atoms with van der Waals surface area (Å²) in [5.74, 6) is -0.0828. The van der Waals surface area contributed by atoms with Gasteiger partial charge in [0, 0.05) is 28.5 Å². The predicted molar refractivity (Wildman–Crippen MR) is 139 cm³/mol. The van der Waals surface area contributed by atoms with Crippen molar-refractivity contribution in [2.75, 3.05) is 31.0 Å². The van der Waals surface area contributed by atoms with Crippen molar-refractivity contribution in [3.8, 4) is 5.75 Å². The van der Waals surface area contributed by atoms with Gasteiger partial charge in [-0.1, -0.05) is 54.9 Å². The molecule has 3 aromatic carbocycles. The molecule has 2 amide bonds. The van der Waals surface area contributed by atoms with E-state index in [9.17, 15) is 9.59 Å². The van der Waals surface area contributed by atoms with Crippen LogP contribution in [0.2, 0.25) is 0 Å². The fourth-order valence-corrected chi connectivity index (χ4v) is 3.60. The maximum atomic E-state index is 13.0. The summed E-state index contributed by atoms with van der Waals surface area (Å²) in [6.07, 6.45) is 0. The number of nitrogens with one attached hydrogen (secondary N) is 2. The van der Waals surface area contributed by atoms with Crippen LogP contribution in [0.25, 0.3) is 0 Å². The highest BCUT2D eigenvalue weighted by Crippen LogP contribution is 2.26. The number of ether oxygens (including phenoxy) is 2. The molecule has 0 aromatic heterocycles. The van der Waals surface area contributed by atoms with Gasteiger partial charge in [-0.2, -0.15) is 0 Å². The van der Waals surface area contributed by atoms with Crippen molar-refractivity contribution in [3.63, 3.8) is 0 Å². The van der Waals surface area contributed by atoms with Crippen LogP contribution in [-0.4, -0.2) is 32.1 Å². The van der Waals surface area contributed by atoms with Crippen molar-refractivity contribution >= 4 is 39.1 Å². The highest BCUT2D eigenvalue weighted by Gasteiger charge is 2.16. The summed E-state index contributed by atoms with van der Waals surface area (Å²) < 4.78 is 11.5. The van der Waals surface area contributed by atoms with Crippen LogP contribution < -0.4 is 15.4 Å². The first-order valence-electron chi connectivity index (χ1n) is 10.9. The van der Waals surface area contributed by atoms with Crippen LogP contribution >= 0.6 is 15.9 Å². The Morgan fingerprint density at radius 3 is 2.12 bits per heavy atom. The lowest BCUT2D eigenvalue weighted by Crippen LogP contribution is -2.16. The van der Waals surface area contributed by atoms with Gasteiger partial charge in [0.25, 0.3) is 11.8 Å². The third-order valence-electron chi connectivity index (χ3n) is 5.12. The lowest BCUT2D eigenvalue weighted by atomic mass is 9.87. The molecular formula is C27H29BrN2O4. The number of benzene rings is 3. The normalized spacial score (nSPS) is 11.1. The van der Waals surface area contributed by atoms with Gasteiger partial charge in [-0.25, -0.2) is 0 Å². The predicted octanol–water partition coefficient (Wildman–Crippen LogP) is 6.28. The molecule has 0 aliphatic heterocycles. The van der Waals surface area contributed by atoms with Crippen LogP contribution in [-0.2, 0) is 10.2 Å². The number of amides is 2. The maximum Gasteiger partial charge on any atom is 0.259 e. The summed E-state index contributed by atoms with van der Waals surface area (Å²) in [6, 6.07) is 19.8. The van der Waals surface area contributed by atoms with Crippen molar-refractivity contribution < 1.29 is 19.1 Å².